The molecule has 0 amide bonds. The minimum absolute atomic E-state index is 0.360. The first-order chi connectivity index (χ1) is 8.49. The van der Waals surface area contributed by atoms with Crippen LogP contribution in [0.25, 0.3) is 0 Å². The van der Waals surface area contributed by atoms with Crippen LogP contribution >= 0.6 is 11.8 Å². The maximum atomic E-state index is 4.82. The van der Waals surface area contributed by atoms with Gasteiger partial charge in [0.1, 0.15) is 0 Å². The van der Waals surface area contributed by atoms with Gasteiger partial charge in [-0.15, -0.1) is 0 Å². The van der Waals surface area contributed by atoms with Crippen LogP contribution in [-0.4, -0.2) is 48.0 Å². The first kappa shape index (κ1) is 14.2. The first-order valence-electron chi connectivity index (χ1n) is 7.13. The van der Waals surface area contributed by atoms with E-state index in [1.165, 1.54) is 36.6 Å². The molecule has 1 aliphatic carbocycles. The van der Waals surface area contributed by atoms with E-state index in [9.17, 15) is 0 Å². The molecule has 104 valence electrons. The number of nitrogens with zero attached hydrogens (tertiary/aromatic N) is 2. The molecule has 4 heteroatoms. The van der Waals surface area contributed by atoms with Crippen molar-refractivity contribution in [3.05, 3.63) is 0 Å². The third kappa shape index (κ3) is 3.64. The van der Waals surface area contributed by atoms with Gasteiger partial charge in [-0.2, -0.15) is 0 Å². The Morgan fingerprint density at radius 2 is 2.33 bits per heavy atom. The Hall–Kier alpha value is -0.220. The maximum absolute atomic E-state index is 4.82. The molecule has 1 saturated heterocycles. The molecular formula is C14H27N3S. The average Bonchev–Trinajstić information content (AvgIpc) is 2.59. The van der Waals surface area contributed by atoms with Crippen molar-refractivity contribution in [2.24, 2.45) is 10.9 Å². The smallest absolute Gasteiger partial charge is 0.157 e. The molecule has 1 aliphatic heterocycles. The lowest BCUT2D eigenvalue weighted by Gasteiger charge is -2.36. The Morgan fingerprint density at radius 3 is 3.00 bits per heavy atom. The highest BCUT2D eigenvalue weighted by molar-refractivity contribution is 8.14. The Morgan fingerprint density at radius 1 is 1.56 bits per heavy atom. The number of amidine groups is 1. The average molecular weight is 269 g/mol. The number of rotatable bonds is 3. The Kier molecular flexibility index (Phi) is 4.59. The van der Waals surface area contributed by atoms with Gasteiger partial charge >= 0.3 is 0 Å². The lowest BCUT2D eigenvalue weighted by molar-refractivity contribution is 0.242. The molecule has 2 rings (SSSR count). The van der Waals surface area contributed by atoms with Gasteiger partial charge in [-0.1, -0.05) is 31.5 Å². The fourth-order valence-electron chi connectivity index (χ4n) is 3.25. The number of hydrogen-bond donors (Lipinski definition) is 1. The Bertz CT molecular complexity index is 316. The van der Waals surface area contributed by atoms with Gasteiger partial charge in [0.2, 0.25) is 0 Å². The second kappa shape index (κ2) is 5.83. The fraction of sp³-hybridized carbons (Fsp3) is 0.929. The SMILES string of the molecule is CC1CCCC2(CSC(=NC(C)CN(C)C)N2)C1. The van der Waals surface area contributed by atoms with Gasteiger partial charge in [-0.3, -0.25) is 4.99 Å². The predicted octanol–water partition coefficient (Wildman–Crippen LogP) is 2.58. The molecule has 1 saturated carbocycles. The van der Waals surface area contributed by atoms with Crippen LogP contribution < -0.4 is 5.32 Å². The van der Waals surface area contributed by atoms with Gasteiger partial charge in [0, 0.05) is 17.8 Å². The highest BCUT2D eigenvalue weighted by Crippen LogP contribution is 2.38. The number of nitrogens with one attached hydrogen (secondary N) is 1. The van der Waals surface area contributed by atoms with E-state index in [2.05, 4.69) is 38.2 Å². The van der Waals surface area contributed by atoms with Crippen LogP contribution in [0.2, 0.25) is 0 Å². The number of aliphatic imine (C=N–C) groups is 1. The fourth-order valence-corrected chi connectivity index (χ4v) is 4.54. The quantitative estimate of drug-likeness (QED) is 0.853. The van der Waals surface area contributed by atoms with E-state index >= 15 is 0 Å². The molecule has 0 bridgehead atoms. The van der Waals surface area contributed by atoms with E-state index in [-0.39, 0.29) is 0 Å². The Balaban J connectivity index is 1.93. The van der Waals surface area contributed by atoms with E-state index in [0.29, 0.717) is 11.6 Å². The summed E-state index contributed by atoms with van der Waals surface area (Å²) in [6.07, 6.45) is 5.42. The van der Waals surface area contributed by atoms with Crippen molar-refractivity contribution in [1.82, 2.24) is 10.2 Å². The lowest BCUT2D eigenvalue weighted by atomic mass is 9.78. The predicted molar refractivity (Wildman–Crippen MR) is 81.4 cm³/mol. The van der Waals surface area contributed by atoms with Crippen LogP contribution in [0.3, 0.4) is 0 Å². The van der Waals surface area contributed by atoms with Crippen molar-refractivity contribution in [3.63, 3.8) is 0 Å². The van der Waals surface area contributed by atoms with Crippen molar-refractivity contribution in [3.8, 4) is 0 Å². The van der Waals surface area contributed by atoms with E-state index in [4.69, 9.17) is 4.99 Å². The minimum atomic E-state index is 0.360. The highest BCUT2D eigenvalue weighted by atomic mass is 32.2. The molecule has 1 heterocycles. The molecule has 1 spiro atoms. The topological polar surface area (TPSA) is 27.6 Å². The largest absolute Gasteiger partial charge is 0.359 e. The van der Waals surface area contributed by atoms with Gasteiger partial charge in [-0.05, 0) is 39.8 Å². The lowest BCUT2D eigenvalue weighted by Crippen LogP contribution is -2.47. The summed E-state index contributed by atoms with van der Waals surface area (Å²) in [5.74, 6) is 2.08. The summed E-state index contributed by atoms with van der Waals surface area (Å²) in [7, 11) is 4.21. The molecule has 2 aliphatic rings. The first-order valence-corrected chi connectivity index (χ1v) is 8.11. The summed E-state index contributed by atoms with van der Waals surface area (Å²) in [6.45, 7) is 5.61. The second-order valence-corrected chi connectivity index (χ2v) is 7.41. The zero-order chi connectivity index (χ0) is 13.2. The van der Waals surface area contributed by atoms with Crippen molar-refractivity contribution < 1.29 is 0 Å². The highest BCUT2D eigenvalue weighted by Gasteiger charge is 2.40. The van der Waals surface area contributed by atoms with Crippen LogP contribution in [0, 0.1) is 5.92 Å². The molecule has 2 fully saturated rings. The molecule has 0 radical (unpaired) electrons. The van der Waals surface area contributed by atoms with Crippen LogP contribution in [0.15, 0.2) is 4.99 Å². The molecule has 1 N–H and O–H groups in total. The molecule has 3 unspecified atom stereocenters. The Labute approximate surface area is 116 Å². The molecule has 3 nitrogen and oxygen atoms in total. The van der Waals surface area contributed by atoms with Gasteiger partial charge in [-0.25, -0.2) is 0 Å². The third-order valence-electron chi connectivity index (χ3n) is 3.92. The number of hydrogen-bond acceptors (Lipinski definition) is 3. The van der Waals surface area contributed by atoms with Crippen molar-refractivity contribution >= 4 is 16.9 Å². The summed E-state index contributed by atoms with van der Waals surface area (Å²) in [5.41, 5.74) is 0.360. The van der Waals surface area contributed by atoms with Crippen LogP contribution in [0.5, 0.6) is 0 Å². The van der Waals surface area contributed by atoms with E-state index in [1.807, 2.05) is 11.8 Å². The van der Waals surface area contributed by atoms with Gasteiger partial charge in [0.15, 0.2) is 5.17 Å². The summed E-state index contributed by atoms with van der Waals surface area (Å²) < 4.78 is 0. The van der Waals surface area contributed by atoms with Crippen molar-refractivity contribution in [2.45, 2.75) is 51.1 Å². The summed E-state index contributed by atoms with van der Waals surface area (Å²) in [6, 6.07) is 0.381. The van der Waals surface area contributed by atoms with Crippen LogP contribution in [0.1, 0.15) is 39.5 Å². The van der Waals surface area contributed by atoms with Crippen molar-refractivity contribution in [2.75, 3.05) is 26.4 Å². The summed E-state index contributed by atoms with van der Waals surface area (Å²) in [4.78, 5) is 7.02. The van der Waals surface area contributed by atoms with E-state index < -0.39 is 0 Å². The van der Waals surface area contributed by atoms with Crippen LogP contribution in [0.4, 0.5) is 0 Å². The molecule has 0 aromatic rings. The zero-order valence-corrected chi connectivity index (χ0v) is 13.0. The molecule has 0 aromatic carbocycles. The monoisotopic (exact) mass is 269 g/mol. The maximum Gasteiger partial charge on any atom is 0.157 e. The van der Waals surface area contributed by atoms with Gasteiger partial charge in [0.25, 0.3) is 0 Å². The standard InChI is InChI=1S/C14H27N3S/c1-11-6-5-7-14(8-11)10-18-13(16-14)15-12(2)9-17(3)4/h11-12H,5-10H2,1-4H3,(H,15,16). The normalized spacial score (nSPS) is 36.3. The minimum Gasteiger partial charge on any atom is -0.359 e. The van der Waals surface area contributed by atoms with Crippen LogP contribution in [-0.2, 0) is 0 Å². The molecule has 0 aromatic heterocycles. The molecular weight excluding hydrogens is 242 g/mol. The molecule has 18 heavy (non-hydrogen) atoms. The number of thioether (sulfide) groups is 1. The summed E-state index contributed by atoms with van der Waals surface area (Å²) >= 11 is 1.93. The zero-order valence-electron chi connectivity index (χ0n) is 12.2. The number of likely N-dealkylation sites (N-methyl/N-ethyl adjacent to an activating group) is 1. The van der Waals surface area contributed by atoms with E-state index in [0.717, 1.165) is 12.5 Å². The molecule has 3 atom stereocenters. The van der Waals surface area contributed by atoms with Gasteiger partial charge < -0.3 is 10.2 Å². The second-order valence-electron chi connectivity index (χ2n) is 6.44. The van der Waals surface area contributed by atoms with Crippen molar-refractivity contribution in [1.29, 1.82) is 0 Å². The third-order valence-corrected chi connectivity index (χ3v) is 5.09. The summed E-state index contributed by atoms with van der Waals surface area (Å²) in [5, 5.41) is 4.91. The van der Waals surface area contributed by atoms with E-state index in [1.54, 1.807) is 0 Å². The van der Waals surface area contributed by atoms with Gasteiger partial charge in [0.05, 0.1) is 6.04 Å².